The number of carbonyl (C=O) groups is 1. The van der Waals surface area contributed by atoms with Crippen molar-refractivity contribution >= 4 is 33.2 Å². The Morgan fingerprint density at radius 3 is 2.56 bits per heavy atom. The minimum absolute atomic E-state index is 0.155. The number of hydrogen-bond donors (Lipinski definition) is 2. The number of benzene rings is 1. The van der Waals surface area contributed by atoms with E-state index in [-0.39, 0.29) is 16.5 Å². The first-order chi connectivity index (χ1) is 7.34. The van der Waals surface area contributed by atoms with E-state index in [0.717, 1.165) is 18.2 Å². The van der Waals surface area contributed by atoms with Gasteiger partial charge in [-0.05, 0) is 18.2 Å². The van der Waals surface area contributed by atoms with Crippen molar-refractivity contribution in [1.29, 1.82) is 0 Å². The van der Waals surface area contributed by atoms with Crippen molar-refractivity contribution in [2.75, 3.05) is 11.2 Å². The summed E-state index contributed by atoms with van der Waals surface area (Å²) >= 11 is 5.21. The first-order valence-electron chi connectivity index (χ1n) is 4.03. The third-order valence-corrected chi connectivity index (χ3v) is 2.82. The van der Waals surface area contributed by atoms with E-state index in [2.05, 4.69) is 5.32 Å². The summed E-state index contributed by atoms with van der Waals surface area (Å²) in [6.07, 6.45) is 0. The first kappa shape index (κ1) is 12.9. The van der Waals surface area contributed by atoms with Crippen LogP contribution in [0.5, 0.6) is 0 Å². The van der Waals surface area contributed by atoms with E-state index in [1.54, 1.807) is 0 Å². The number of hydrogen-bond acceptors (Lipinski definition) is 3. The van der Waals surface area contributed by atoms with Crippen molar-refractivity contribution in [3.05, 3.63) is 24.0 Å². The number of sulfonamides is 1. The molecule has 3 N–H and O–H groups in total. The first-order valence-corrected chi connectivity index (χ1v) is 6.11. The summed E-state index contributed by atoms with van der Waals surface area (Å²) in [5.41, 5.74) is -0.155. The average Bonchev–Trinajstić information content (AvgIpc) is 2.19. The van der Waals surface area contributed by atoms with Crippen molar-refractivity contribution < 1.29 is 17.6 Å². The highest BCUT2D eigenvalue weighted by atomic mass is 35.5. The van der Waals surface area contributed by atoms with Crippen LogP contribution in [0.2, 0.25) is 0 Å². The van der Waals surface area contributed by atoms with Crippen LogP contribution in [-0.2, 0) is 14.8 Å². The van der Waals surface area contributed by atoms with Gasteiger partial charge in [-0.25, -0.2) is 17.9 Å². The highest BCUT2D eigenvalue weighted by molar-refractivity contribution is 7.89. The number of alkyl halides is 1. The summed E-state index contributed by atoms with van der Waals surface area (Å²) in [6, 6.07) is 2.90. The molecule has 0 aliphatic rings. The lowest BCUT2D eigenvalue weighted by Crippen LogP contribution is -2.15. The third kappa shape index (κ3) is 3.16. The van der Waals surface area contributed by atoms with Gasteiger partial charge in [0.15, 0.2) is 0 Å². The van der Waals surface area contributed by atoms with Gasteiger partial charge in [-0.15, -0.1) is 11.6 Å². The molecule has 0 heterocycles. The largest absolute Gasteiger partial charge is 0.323 e. The fraction of sp³-hybridized carbons (Fsp3) is 0.125. The lowest BCUT2D eigenvalue weighted by atomic mass is 10.3. The van der Waals surface area contributed by atoms with Crippen LogP contribution in [0.15, 0.2) is 23.1 Å². The molecule has 0 radical (unpaired) electrons. The van der Waals surface area contributed by atoms with Crippen LogP contribution in [0, 0.1) is 5.82 Å². The Hall–Kier alpha value is -1.18. The summed E-state index contributed by atoms with van der Waals surface area (Å²) in [5.74, 6) is -1.81. The second-order valence-electron chi connectivity index (χ2n) is 2.87. The fourth-order valence-electron chi connectivity index (χ4n) is 0.958. The van der Waals surface area contributed by atoms with Crippen LogP contribution < -0.4 is 10.5 Å². The summed E-state index contributed by atoms with van der Waals surface area (Å²) < 4.78 is 35.1. The van der Waals surface area contributed by atoms with Crippen LogP contribution in [0.1, 0.15) is 0 Å². The molecule has 0 saturated carbocycles. The van der Waals surface area contributed by atoms with Gasteiger partial charge in [0.2, 0.25) is 15.9 Å². The molecule has 0 spiro atoms. The number of rotatable bonds is 3. The fourth-order valence-corrected chi connectivity index (χ4v) is 1.55. The Morgan fingerprint density at radius 2 is 2.12 bits per heavy atom. The molecule has 0 atom stereocenters. The molecule has 1 amide bonds. The monoisotopic (exact) mass is 266 g/mol. The molecule has 8 heteroatoms. The van der Waals surface area contributed by atoms with Crippen LogP contribution >= 0.6 is 11.6 Å². The summed E-state index contributed by atoms with van der Waals surface area (Å²) in [5, 5.41) is 6.96. The third-order valence-electron chi connectivity index (χ3n) is 1.66. The minimum Gasteiger partial charge on any atom is -0.323 e. The number of nitrogens with two attached hydrogens (primary N) is 1. The molecule has 0 aliphatic heterocycles. The molecule has 88 valence electrons. The number of anilines is 1. The van der Waals surface area contributed by atoms with Gasteiger partial charge in [-0.1, -0.05) is 0 Å². The van der Waals surface area contributed by atoms with Gasteiger partial charge in [-0.3, -0.25) is 4.79 Å². The van der Waals surface area contributed by atoms with Crippen LogP contribution in [-0.4, -0.2) is 20.2 Å². The summed E-state index contributed by atoms with van der Waals surface area (Å²) in [4.78, 5) is 10.5. The molecule has 16 heavy (non-hydrogen) atoms. The van der Waals surface area contributed by atoms with E-state index < -0.39 is 21.7 Å². The lowest BCUT2D eigenvalue weighted by molar-refractivity contribution is -0.113. The topological polar surface area (TPSA) is 89.3 Å². The van der Waals surface area contributed by atoms with Gasteiger partial charge < -0.3 is 5.32 Å². The molecule has 0 aliphatic carbocycles. The van der Waals surface area contributed by atoms with E-state index in [0.29, 0.717) is 0 Å². The van der Waals surface area contributed by atoms with Gasteiger partial charge in [0.05, 0.1) is 10.6 Å². The molecule has 1 aromatic carbocycles. The Bertz CT molecular complexity index is 518. The summed E-state index contributed by atoms with van der Waals surface area (Å²) in [7, 11) is -3.95. The Kier molecular flexibility index (Phi) is 3.84. The highest BCUT2D eigenvalue weighted by Crippen LogP contribution is 2.18. The van der Waals surface area contributed by atoms with Crippen molar-refractivity contribution in [3.8, 4) is 0 Å². The van der Waals surface area contributed by atoms with Crippen molar-refractivity contribution in [3.63, 3.8) is 0 Å². The van der Waals surface area contributed by atoms with Gasteiger partial charge in [0, 0.05) is 0 Å². The van der Waals surface area contributed by atoms with Crippen LogP contribution in [0.3, 0.4) is 0 Å². The number of carbonyl (C=O) groups excluding carboxylic acids is 1. The second-order valence-corrected chi connectivity index (χ2v) is 4.70. The Labute approximate surface area is 96.4 Å². The van der Waals surface area contributed by atoms with Crippen molar-refractivity contribution in [2.45, 2.75) is 4.90 Å². The maximum Gasteiger partial charge on any atom is 0.239 e. The average molecular weight is 267 g/mol. The number of halogens is 2. The maximum absolute atomic E-state index is 13.3. The van der Waals surface area contributed by atoms with Gasteiger partial charge >= 0.3 is 0 Å². The van der Waals surface area contributed by atoms with E-state index in [1.807, 2.05) is 0 Å². The van der Waals surface area contributed by atoms with Gasteiger partial charge in [0.1, 0.15) is 11.7 Å². The lowest BCUT2D eigenvalue weighted by Gasteiger charge is -2.05. The molecule has 1 rings (SSSR count). The quantitative estimate of drug-likeness (QED) is 0.787. The SMILES string of the molecule is NS(=O)(=O)c1ccc(NC(=O)CCl)c(F)c1. The summed E-state index contributed by atoms with van der Waals surface area (Å²) in [6.45, 7) is 0. The molecular formula is C8H8ClFN2O3S. The molecular weight excluding hydrogens is 259 g/mol. The van der Waals surface area contributed by atoms with E-state index in [4.69, 9.17) is 16.7 Å². The zero-order valence-electron chi connectivity index (χ0n) is 7.91. The zero-order chi connectivity index (χ0) is 12.3. The molecule has 0 fully saturated rings. The Morgan fingerprint density at radius 1 is 1.50 bits per heavy atom. The van der Waals surface area contributed by atoms with Crippen LogP contribution in [0.25, 0.3) is 0 Å². The highest BCUT2D eigenvalue weighted by Gasteiger charge is 2.12. The normalized spacial score (nSPS) is 11.2. The molecule has 0 bridgehead atoms. The molecule has 0 saturated heterocycles. The standard InChI is InChI=1S/C8H8ClFN2O3S/c9-4-8(13)12-7-2-1-5(3-6(7)10)16(11,14)15/h1-3H,4H2,(H,12,13)(H2,11,14,15). The number of nitrogens with one attached hydrogen (secondary N) is 1. The van der Waals surface area contributed by atoms with Gasteiger partial charge in [-0.2, -0.15) is 0 Å². The number of amides is 1. The van der Waals surface area contributed by atoms with Gasteiger partial charge in [0.25, 0.3) is 0 Å². The molecule has 5 nitrogen and oxygen atoms in total. The van der Waals surface area contributed by atoms with E-state index in [9.17, 15) is 17.6 Å². The van der Waals surface area contributed by atoms with Crippen LogP contribution in [0.4, 0.5) is 10.1 Å². The Balaban J connectivity index is 3.06. The zero-order valence-corrected chi connectivity index (χ0v) is 9.48. The molecule has 0 unspecified atom stereocenters. The smallest absolute Gasteiger partial charge is 0.239 e. The van der Waals surface area contributed by atoms with Crippen molar-refractivity contribution in [1.82, 2.24) is 0 Å². The van der Waals surface area contributed by atoms with E-state index >= 15 is 0 Å². The van der Waals surface area contributed by atoms with E-state index in [1.165, 1.54) is 0 Å². The number of primary sulfonamides is 1. The maximum atomic E-state index is 13.3. The predicted molar refractivity (Wildman–Crippen MR) is 57.1 cm³/mol. The second kappa shape index (κ2) is 4.77. The molecule has 0 aromatic heterocycles. The predicted octanol–water partition coefficient (Wildman–Crippen LogP) is 0.650. The minimum atomic E-state index is -3.95. The molecule has 1 aromatic rings. The van der Waals surface area contributed by atoms with Crippen molar-refractivity contribution in [2.24, 2.45) is 5.14 Å².